The molecule has 0 bridgehead atoms. The first kappa shape index (κ1) is 16.1. The number of carbonyl (C=O) groups is 1. The molecule has 2 heterocycles. The molecular formula is C21H22N2O2. The Hall–Kier alpha value is -2.43. The van der Waals surface area contributed by atoms with E-state index in [0.717, 1.165) is 38.3 Å². The van der Waals surface area contributed by atoms with Crippen LogP contribution in [-0.2, 0) is 4.74 Å². The highest BCUT2D eigenvalue weighted by Gasteiger charge is 2.35. The molecule has 0 N–H and O–H groups in total. The van der Waals surface area contributed by atoms with Gasteiger partial charge in [-0.25, -0.2) is 4.79 Å². The van der Waals surface area contributed by atoms with Crippen molar-refractivity contribution in [1.82, 2.24) is 9.80 Å². The Morgan fingerprint density at radius 1 is 0.960 bits per heavy atom. The summed E-state index contributed by atoms with van der Waals surface area (Å²) in [5.41, 5.74) is 2.95. The number of piperazine rings is 1. The fraction of sp³-hybridized carbons (Fsp3) is 0.286. The number of nitrogens with zero attached hydrogens (tertiary/aromatic N) is 2. The second-order valence-corrected chi connectivity index (χ2v) is 6.49. The summed E-state index contributed by atoms with van der Waals surface area (Å²) in [6.45, 7) is 4.73. The van der Waals surface area contributed by atoms with Crippen LogP contribution in [0.15, 0.2) is 60.7 Å². The molecule has 1 saturated heterocycles. The van der Waals surface area contributed by atoms with Gasteiger partial charge in [-0.15, -0.1) is 0 Å². The van der Waals surface area contributed by atoms with Crippen LogP contribution in [0.2, 0.25) is 0 Å². The highest BCUT2D eigenvalue weighted by molar-refractivity contribution is 5.93. The van der Waals surface area contributed by atoms with Gasteiger partial charge in [0.1, 0.15) is 0 Å². The summed E-state index contributed by atoms with van der Waals surface area (Å²) in [7, 11) is 0. The van der Waals surface area contributed by atoms with Crippen molar-refractivity contribution in [3.05, 3.63) is 77.4 Å². The van der Waals surface area contributed by atoms with Gasteiger partial charge in [0.05, 0.1) is 5.56 Å². The van der Waals surface area contributed by atoms with Gasteiger partial charge in [0.2, 0.25) is 0 Å². The van der Waals surface area contributed by atoms with Crippen LogP contribution in [0.4, 0.5) is 0 Å². The van der Waals surface area contributed by atoms with Crippen LogP contribution in [-0.4, -0.2) is 48.5 Å². The van der Waals surface area contributed by atoms with E-state index >= 15 is 0 Å². The molecule has 4 rings (SSSR count). The second kappa shape index (κ2) is 7.21. The second-order valence-electron chi connectivity index (χ2n) is 6.49. The van der Waals surface area contributed by atoms with Gasteiger partial charge in [-0.1, -0.05) is 60.7 Å². The van der Waals surface area contributed by atoms with E-state index < -0.39 is 0 Å². The molecule has 1 fully saturated rings. The molecule has 128 valence electrons. The highest BCUT2D eigenvalue weighted by Crippen LogP contribution is 2.33. The molecule has 0 aliphatic carbocycles. The molecule has 4 nitrogen and oxygen atoms in total. The maximum Gasteiger partial charge on any atom is 0.340 e. The largest absolute Gasteiger partial charge is 0.438 e. The number of hydrogen-bond acceptors (Lipinski definition) is 4. The van der Waals surface area contributed by atoms with Crippen molar-refractivity contribution in [2.75, 3.05) is 32.7 Å². The molecular weight excluding hydrogens is 312 g/mol. The summed E-state index contributed by atoms with van der Waals surface area (Å²) in [6, 6.07) is 18.1. The molecule has 1 atom stereocenters. The van der Waals surface area contributed by atoms with Crippen LogP contribution in [0, 0.1) is 0 Å². The summed E-state index contributed by atoms with van der Waals surface area (Å²) in [4.78, 5) is 16.7. The number of hydrogen-bond donors (Lipinski definition) is 0. The minimum Gasteiger partial charge on any atom is -0.438 e. The van der Waals surface area contributed by atoms with E-state index in [-0.39, 0.29) is 12.2 Å². The van der Waals surface area contributed by atoms with Gasteiger partial charge in [-0.05, 0) is 11.6 Å². The van der Waals surface area contributed by atoms with Crippen molar-refractivity contribution in [2.45, 2.75) is 6.23 Å². The van der Waals surface area contributed by atoms with Crippen LogP contribution in [0.1, 0.15) is 27.7 Å². The zero-order valence-corrected chi connectivity index (χ0v) is 14.2. The summed E-state index contributed by atoms with van der Waals surface area (Å²) in [5.74, 6) is -0.200. The number of cyclic esters (lactones) is 1. The van der Waals surface area contributed by atoms with E-state index in [4.69, 9.17) is 4.74 Å². The lowest BCUT2D eigenvalue weighted by Crippen LogP contribution is -2.47. The number of fused-ring (bicyclic) bond motifs is 1. The maximum absolute atomic E-state index is 12.0. The van der Waals surface area contributed by atoms with Crippen molar-refractivity contribution >= 4 is 12.0 Å². The number of ether oxygens (including phenoxy) is 1. The third kappa shape index (κ3) is 3.50. The number of rotatable bonds is 4. The van der Waals surface area contributed by atoms with Crippen LogP contribution in [0.25, 0.3) is 6.08 Å². The number of benzene rings is 2. The SMILES string of the molecule is O=C1O[C@H](N2CCN(C/C=C/c3ccccc3)CC2)c2ccccc21. The van der Waals surface area contributed by atoms with Crippen molar-refractivity contribution in [3.8, 4) is 0 Å². The minimum atomic E-state index is -0.217. The zero-order chi connectivity index (χ0) is 17.1. The van der Waals surface area contributed by atoms with Gasteiger partial charge >= 0.3 is 5.97 Å². The quantitative estimate of drug-likeness (QED) is 0.804. The number of carbonyl (C=O) groups excluding carboxylic acids is 1. The molecule has 2 aliphatic heterocycles. The fourth-order valence-electron chi connectivity index (χ4n) is 3.48. The Morgan fingerprint density at radius 2 is 1.68 bits per heavy atom. The summed E-state index contributed by atoms with van der Waals surface area (Å²) < 4.78 is 5.60. The zero-order valence-electron chi connectivity index (χ0n) is 14.2. The Bertz CT molecular complexity index is 764. The van der Waals surface area contributed by atoms with E-state index in [1.54, 1.807) is 0 Å². The normalized spacial score (nSPS) is 21.4. The third-order valence-corrected chi connectivity index (χ3v) is 4.88. The Balaban J connectivity index is 1.32. The predicted octanol–water partition coefficient (Wildman–Crippen LogP) is 3.19. The van der Waals surface area contributed by atoms with Crippen LogP contribution in [0.5, 0.6) is 0 Å². The van der Waals surface area contributed by atoms with Gasteiger partial charge in [-0.3, -0.25) is 9.80 Å². The smallest absolute Gasteiger partial charge is 0.340 e. The monoisotopic (exact) mass is 334 g/mol. The van der Waals surface area contributed by atoms with E-state index in [0.29, 0.717) is 5.56 Å². The van der Waals surface area contributed by atoms with E-state index in [1.807, 2.05) is 30.3 Å². The van der Waals surface area contributed by atoms with Gasteiger partial charge in [0.25, 0.3) is 0 Å². The average Bonchev–Trinajstić information content (AvgIpc) is 3.00. The number of esters is 1. The molecule has 25 heavy (non-hydrogen) atoms. The van der Waals surface area contributed by atoms with E-state index in [9.17, 15) is 4.79 Å². The summed E-state index contributed by atoms with van der Waals surface area (Å²) >= 11 is 0. The van der Waals surface area contributed by atoms with Crippen molar-refractivity contribution in [1.29, 1.82) is 0 Å². The molecule has 4 heteroatoms. The van der Waals surface area contributed by atoms with Crippen molar-refractivity contribution < 1.29 is 9.53 Å². The molecule has 0 amide bonds. The fourth-order valence-corrected chi connectivity index (χ4v) is 3.48. The predicted molar refractivity (Wildman–Crippen MR) is 98.1 cm³/mol. The molecule has 0 aromatic heterocycles. The third-order valence-electron chi connectivity index (χ3n) is 4.88. The van der Waals surface area contributed by atoms with Gasteiger partial charge in [0, 0.05) is 38.3 Å². The molecule has 2 aromatic rings. The molecule has 0 unspecified atom stereocenters. The van der Waals surface area contributed by atoms with E-state index in [2.05, 4.69) is 46.2 Å². The summed E-state index contributed by atoms with van der Waals surface area (Å²) in [5, 5.41) is 0. The van der Waals surface area contributed by atoms with Gasteiger partial charge in [-0.2, -0.15) is 0 Å². The van der Waals surface area contributed by atoms with Crippen LogP contribution < -0.4 is 0 Å². The lowest BCUT2D eigenvalue weighted by Gasteiger charge is -2.36. The van der Waals surface area contributed by atoms with Crippen molar-refractivity contribution in [3.63, 3.8) is 0 Å². The minimum absolute atomic E-state index is 0.200. The topological polar surface area (TPSA) is 32.8 Å². The first-order chi connectivity index (χ1) is 12.3. The Labute approximate surface area is 148 Å². The first-order valence-corrected chi connectivity index (χ1v) is 8.79. The Kier molecular flexibility index (Phi) is 4.63. The lowest BCUT2D eigenvalue weighted by molar-refractivity contribution is -0.0398. The summed E-state index contributed by atoms with van der Waals surface area (Å²) in [6.07, 6.45) is 4.17. The Morgan fingerprint density at radius 3 is 2.48 bits per heavy atom. The lowest BCUT2D eigenvalue weighted by atomic mass is 10.1. The molecule has 0 saturated carbocycles. The maximum atomic E-state index is 12.0. The molecule has 2 aromatic carbocycles. The standard InChI is InChI=1S/C21H22N2O2/c24-21-19-11-5-4-10-18(19)20(25-21)23-15-13-22(14-16-23)12-6-9-17-7-2-1-3-8-17/h1-11,20H,12-16H2/b9-6+/t20-/m0/s1. The molecule has 0 radical (unpaired) electrons. The molecule has 2 aliphatic rings. The van der Waals surface area contributed by atoms with Crippen molar-refractivity contribution in [2.24, 2.45) is 0 Å². The average molecular weight is 334 g/mol. The van der Waals surface area contributed by atoms with Gasteiger partial charge in [0.15, 0.2) is 6.23 Å². The van der Waals surface area contributed by atoms with Crippen LogP contribution >= 0.6 is 0 Å². The molecule has 0 spiro atoms. The van der Waals surface area contributed by atoms with Crippen LogP contribution in [0.3, 0.4) is 0 Å². The van der Waals surface area contributed by atoms with Gasteiger partial charge < -0.3 is 4.74 Å². The van der Waals surface area contributed by atoms with E-state index in [1.165, 1.54) is 5.56 Å². The first-order valence-electron chi connectivity index (χ1n) is 8.79. The highest BCUT2D eigenvalue weighted by atomic mass is 16.6.